The fourth-order valence-corrected chi connectivity index (χ4v) is 1.89. The fraction of sp³-hybridized carbons (Fsp3) is 0.500. The Morgan fingerprint density at radius 3 is 2.68 bits per heavy atom. The Hall–Kier alpha value is -1.26. The van der Waals surface area contributed by atoms with E-state index in [4.69, 9.17) is 26.8 Å². The molecule has 0 aromatic heterocycles. The third-order valence-corrected chi connectivity index (χ3v) is 2.90. The van der Waals surface area contributed by atoms with Gasteiger partial charge in [-0.3, -0.25) is 0 Å². The molecule has 5 heteroatoms. The first-order valence-electron chi connectivity index (χ1n) is 6.44. The normalized spacial score (nSPS) is 12.0. The zero-order valence-corrected chi connectivity index (χ0v) is 12.1. The molecule has 0 saturated carbocycles. The Balaban J connectivity index is 2.81. The van der Waals surface area contributed by atoms with Gasteiger partial charge in [0.15, 0.2) is 6.10 Å². The Morgan fingerprint density at radius 2 is 2.16 bits per heavy atom. The molecule has 1 atom stereocenters. The zero-order valence-electron chi connectivity index (χ0n) is 11.3. The number of ether oxygens (including phenoxy) is 2. The summed E-state index contributed by atoms with van der Waals surface area (Å²) in [4.78, 5) is 11.8. The summed E-state index contributed by atoms with van der Waals surface area (Å²) in [5.74, 6) is 0.119. The van der Waals surface area contributed by atoms with Gasteiger partial charge in [-0.25, -0.2) is 4.79 Å². The second-order valence-electron chi connectivity index (χ2n) is 4.12. The first-order valence-corrected chi connectivity index (χ1v) is 6.81. The van der Waals surface area contributed by atoms with Crippen LogP contribution in [0, 0.1) is 0 Å². The van der Waals surface area contributed by atoms with Crippen LogP contribution in [0.2, 0.25) is 5.02 Å². The van der Waals surface area contributed by atoms with Crippen molar-refractivity contribution >= 4 is 17.6 Å². The standard InChI is InChI=1S/C14H20ClNO3/c1-3-5-13(14(17)18-4-2)19-12-7-6-10(9-16)8-11(12)15/h6-8,13H,3-5,9,16H2,1-2H3. The molecule has 0 radical (unpaired) electrons. The molecule has 0 heterocycles. The molecule has 106 valence electrons. The summed E-state index contributed by atoms with van der Waals surface area (Å²) in [6.45, 7) is 4.50. The van der Waals surface area contributed by atoms with Crippen molar-refractivity contribution in [2.75, 3.05) is 6.61 Å². The van der Waals surface area contributed by atoms with Crippen molar-refractivity contribution in [2.24, 2.45) is 5.73 Å². The first-order chi connectivity index (χ1) is 9.12. The molecule has 0 fully saturated rings. The Kier molecular flexibility index (Phi) is 6.67. The molecular formula is C14H20ClNO3. The average molecular weight is 286 g/mol. The lowest BCUT2D eigenvalue weighted by Crippen LogP contribution is -2.29. The third-order valence-electron chi connectivity index (χ3n) is 2.60. The minimum Gasteiger partial charge on any atom is -0.477 e. The summed E-state index contributed by atoms with van der Waals surface area (Å²) < 4.78 is 10.6. The van der Waals surface area contributed by atoms with Crippen molar-refractivity contribution in [3.05, 3.63) is 28.8 Å². The van der Waals surface area contributed by atoms with Crippen molar-refractivity contribution in [3.63, 3.8) is 0 Å². The molecule has 1 aromatic rings. The van der Waals surface area contributed by atoms with Crippen LogP contribution in [-0.4, -0.2) is 18.7 Å². The zero-order chi connectivity index (χ0) is 14.3. The van der Waals surface area contributed by atoms with Gasteiger partial charge in [-0.05, 0) is 31.0 Å². The molecule has 0 spiro atoms. The number of benzene rings is 1. The van der Waals surface area contributed by atoms with Crippen molar-refractivity contribution in [3.8, 4) is 5.75 Å². The average Bonchev–Trinajstić information content (AvgIpc) is 2.40. The number of halogens is 1. The van der Waals surface area contributed by atoms with E-state index >= 15 is 0 Å². The van der Waals surface area contributed by atoms with E-state index < -0.39 is 6.10 Å². The quantitative estimate of drug-likeness (QED) is 0.783. The maximum absolute atomic E-state index is 11.8. The predicted octanol–water partition coefficient (Wildman–Crippen LogP) is 2.91. The van der Waals surface area contributed by atoms with Crippen LogP contribution >= 0.6 is 11.6 Å². The van der Waals surface area contributed by atoms with E-state index in [1.54, 1.807) is 19.1 Å². The van der Waals surface area contributed by atoms with Gasteiger partial charge in [0, 0.05) is 6.54 Å². The van der Waals surface area contributed by atoms with Crippen molar-refractivity contribution in [2.45, 2.75) is 39.3 Å². The van der Waals surface area contributed by atoms with Gasteiger partial charge in [0.2, 0.25) is 0 Å². The van der Waals surface area contributed by atoms with Crippen LogP contribution in [0.4, 0.5) is 0 Å². The summed E-state index contributed by atoms with van der Waals surface area (Å²) >= 11 is 6.10. The number of hydrogen-bond acceptors (Lipinski definition) is 4. The Morgan fingerprint density at radius 1 is 1.42 bits per heavy atom. The third kappa shape index (κ3) is 4.73. The van der Waals surface area contributed by atoms with Crippen molar-refractivity contribution in [1.29, 1.82) is 0 Å². The molecule has 0 saturated heterocycles. The Labute approximate surface area is 118 Å². The van der Waals surface area contributed by atoms with E-state index in [0.29, 0.717) is 30.3 Å². The van der Waals surface area contributed by atoms with E-state index in [1.165, 1.54) is 0 Å². The maximum Gasteiger partial charge on any atom is 0.347 e. The summed E-state index contributed by atoms with van der Waals surface area (Å²) in [6, 6.07) is 5.30. The van der Waals surface area contributed by atoms with Gasteiger partial charge in [-0.1, -0.05) is 31.0 Å². The molecular weight excluding hydrogens is 266 g/mol. The highest BCUT2D eigenvalue weighted by Gasteiger charge is 2.21. The van der Waals surface area contributed by atoms with Gasteiger partial charge in [0.1, 0.15) is 5.75 Å². The molecule has 19 heavy (non-hydrogen) atoms. The Bertz CT molecular complexity index is 423. The van der Waals surface area contributed by atoms with Gasteiger partial charge in [-0.2, -0.15) is 0 Å². The molecule has 1 aromatic carbocycles. The molecule has 4 nitrogen and oxygen atoms in total. The number of esters is 1. The van der Waals surface area contributed by atoms with E-state index in [1.807, 2.05) is 13.0 Å². The van der Waals surface area contributed by atoms with Crippen LogP contribution in [0.25, 0.3) is 0 Å². The van der Waals surface area contributed by atoms with Crippen LogP contribution in [0.15, 0.2) is 18.2 Å². The minimum atomic E-state index is -0.619. The van der Waals surface area contributed by atoms with Gasteiger partial charge in [-0.15, -0.1) is 0 Å². The van der Waals surface area contributed by atoms with Gasteiger partial charge in [0.25, 0.3) is 0 Å². The highest BCUT2D eigenvalue weighted by molar-refractivity contribution is 6.32. The number of rotatable bonds is 7. The van der Waals surface area contributed by atoms with Gasteiger partial charge < -0.3 is 15.2 Å². The monoisotopic (exact) mass is 285 g/mol. The summed E-state index contributed by atoms with van der Waals surface area (Å²) in [5, 5.41) is 0.452. The minimum absolute atomic E-state index is 0.336. The van der Waals surface area contributed by atoms with E-state index in [2.05, 4.69) is 0 Å². The van der Waals surface area contributed by atoms with Crippen LogP contribution in [0.5, 0.6) is 5.75 Å². The van der Waals surface area contributed by atoms with E-state index in [0.717, 1.165) is 12.0 Å². The van der Waals surface area contributed by atoms with Crippen LogP contribution in [0.3, 0.4) is 0 Å². The van der Waals surface area contributed by atoms with Gasteiger partial charge >= 0.3 is 5.97 Å². The largest absolute Gasteiger partial charge is 0.477 e. The molecule has 0 amide bonds. The SMILES string of the molecule is CCCC(Oc1ccc(CN)cc1Cl)C(=O)OCC. The summed E-state index contributed by atoms with van der Waals surface area (Å²) in [5.41, 5.74) is 6.45. The number of carbonyl (C=O) groups excluding carboxylic acids is 1. The maximum atomic E-state index is 11.8. The number of carbonyl (C=O) groups is 1. The molecule has 0 aliphatic heterocycles. The lowest BCUT2D eigenvalue weighted by molar-refractivity contribution is -0.151. The second kappa shape index (κ2) is 8.02. The van der Waals surface area contributed by atoms with Crippen LogP contribution in [-0.2, 0) is 16.1 Å². The first kappa shape index (κ1) is 15.8. The molecule has 0 aliphatic carbocycles. The van der Waals surface area contributed by atoms with Gasteiger partial charge in [0.05, 0.1) is 11.6 Å². The molecule has 1 rings (SSSR count). The summed E-state index contributed by atoms with van der Waals surface area (Å²) in [6.07, 6.45) is 0.793. The van der Waals surface area contributed by atoms with E-state index in [9.17, 15) is 4.79 Å². The molecule has 1 unspecified atom stereocenters. The highest BCUT2D eigenvalue weighted by atomic mass is 35.5. The predicted molar refractivity (Wildman–Crippen MR) is 75.3 cm³/mol. The number of nitrogens with two attached hydrogens (primary N) is 1. The topological polar surface area (TPSA) is 61.5 Å². The molecule has 0 aliphatic rings. The fourth-order valence-electron chi connectivity index (χ4n) is 1.64. The summed E-state index contributed by atoms with van der Waals surface area (Å²) in [7, 11) is 0. The van der Waals surface area contributed by atoms with Crippen LogP contribution in [0.1, 0.15) is 32.3 Å². The molecule has 2 N–H and O–H groups in total. The number of hydrogen-bond donors (Lipinski definition) is 1. The lowest BCUT2D eigenvalue weighted by atomic mass is 10.2. The van der Waals surface area contributed by atoms with Crippen LogP contribution < -0.4 is 10.5 Å². The van der Waals surface area contributed by atoms with E-state index in [-0.39, 0.29) is 5.97 Å². The smallest absolute Gasteiger partial charge is 0.347 e. The van der Waals surface area contributed by atoms with Crippen molar-refractivity contribution < 1.29 is 14.3 Å². The highest BCUT2D eigenvalue weighted by Crippen LogP contribution is 2.27. The molecule has 0 bridgehead atoms. The van der Waals surface area contributed by atoms with Crippen molar-refractivity contribution in [1.82, 2.24) is 0 Å². The lowest BCUT2D eigenvalue weighted by Gasteiger charge is -2.18. The second-order valence-corrected chi connectivity index (χ2v) is 4.52.